The summed E-state index contributed by atoms with van der Waals surface area (Å²) in [6, 6.07) is 5.90. The summed E-state index contributed by atoms with van der Waals surface area (Å²) in [6.07, 6.45) is 0.666. The van der Waals surface area contributed by atoms with E-state index in [4.69, 9.17) is 5.73 Å². The van der Waals surface area contributed by atoms with Gasteiger partial charge >= 0.3 is 0 Å². The van der Waals surface area contributed by atoms with Gasteiger partial charge in [0.15, 0.2) is 0 Å². The molecule has 0 heterocycles. The van der Waals surface area contributed by atoms with Gasteiger partial charge < -0.3 is 11.1 Å². The Balaban J connectivity index is 0.00000484. The van der Waals surface area contributed by atoms with Crippen LogP contribution in [0, 0.1) is 0 Å². The molecule has 0 aliphatic heterocycles. The maximum atomic E-state index is 12.4. The van der Waals surface area contributed by atoms with E-state index in [2.05, 4.69) is 5.32 Å². The molecule has 1 aromatic rings. The number of carbonyl (C=O) groups excluding carboxylic acids is 1. The van der Waals surface area contributed by atoms with Gasteiger partial charge in [0.05, 0.1) is 4.90 Å². The smallest absolute Gasteiger partial charge is 0.251 e. The lowest BCUT2D eigenvalue weighted by Crippen LogP contribution is -2.33. The van der Waals surface area contributed by atoms with Gasteiger partial charge in [-0.3, -0.25) is 4.79 Å². The molecule has 1 aromatic carbocycles. The summed E-state index contributed by atoms with van der Waals surface area (Å²) < 4.78 is 26.1. The molecule has 1 unspecified atom stereocenters. The van der Waals surface area contributed by atoms with Crippen LogP contribution in [0.2, 0.25) is 0 Å². The van der Waals surface area contributed by atoms with Crippen molar-refractivity contribution in [2.45, 2.75) is 44.2 Å². The van der Waals surface area contributed by atoms with Gasteiger partial charge in [0, 0.05) is 31.2 Å². The first-order valence-corrected chi connectivity index (χ1v) is 8.72. The summed E-state index contributed by atoms with van der Waals surface area (Å²) in [5.74, 6) is -0.301. The molecule has 0 saturated carbocycles. The van der Waals surface area contributed by atoms with E-state index in [0.29, 0.717) is 18.5 Å². The Morgan fingerprint density at radius 1 is 1.30 bits per heavy atom. The molecule has 23 heavy (non-hydrogen) atoms. The van der Waals surface area contributed by atoms with Gasteiger partial charge in [-0.2, -0.15) is 4.31 Å². The Bertz CT molecular complexity index is 618. The van der Waals surface area contributed by atoms with Gasteiger partial charge in [0.25, 0.3) is 5.91 Å². The molecule has 6 nitrogen and oxygen atoms in total. The monoisotopic (exact) mass is 363 g/mol. The minimum atomic E-state index is -3.59. The second kappa shape index (κ2) is 9.22. The van der Waals surface area contributed by atoms with Crippen LogP contribution < -0.4 is 11.1 Å². The van der Waals surface area contributed by atoms with Crippen LogP contribution in [0.4, 0.5) is 0 Å². The van der Waals surface area contributed by atoms with Crippen molar-refractivity contribution in [2.75, 3.05) is 13.6 Å². The third-order valence-electron chi connectivity index (χ3n) is 3.39. The molecule has 1 atom stereocenters. The molecular weight excluding hydrogens is 338 g/mol. The number of hydrogen-bond acceptors (Lipinski definition) is 4. The van der Waals surface area contributed by atoms with Gasteiger partial charge in [-0.15, -0.1) is 12.4 Å². The standard InChI is InChI=1S/C15H25N3O3S.ClH/c1-11(2)18(4)22(20,21)14-7-5-6-13(10-14)15(19)17-9-8-12(3)16;/h5-7,10-12H,8-9,16H2,1-4H3,(H,17,19);1H. The van der Waals surface area contributed by atoms with Gasteiger partial charge in [-0.25, -0.2) is 8.42 Å². The van der Waals surface area contributed by atoms with E-state index >= 15 is 0 Å². The summed E-state index contributed by atoms with van der Waals surface area (Å²) in [7, 11) is -2.07. The maximum absolute atomic E-state index is 12.4. The van der Waals surface area contributed by atoms with Crippen molar-refractivity contribution in [1.82, 2.24) is 9.62 Å². The lowest BCUT2D eigenvalue weighted by molar-refractivity contribution is 0.0952. The largest absolute Gasteiger partial charge is 0.352 e. The minimum absolute atomic E-state index is 0. The lowest BCUT2D eigenvalue weighted by atomic mass is 10.2. The van der Waals surface area contributed by atoms with Crippen LogP contribution in [0.5, 0.6) is 0 Å². The zero-order valence-electron chi connectivity index (χ0n) is 13.9. The second-order valence-electron chi connectivity index (χ2n) is 5.66. The third kappa shape index (κ3) is 6.10. The average molecular weight is 364 g/mol. The summed E-state index contributed by atoms with van der Waals surface area (Å²) in [5, 5.41) is 2.73. The molecule has 0 saturated heterocycles. The Morgan fingerprint density at radius 3 is 2.43 bits per heavy atom. The Labute approximate surface area is 144 Å². The van der Waals surface area contributed by atoms with Gasteiger partial charge in [-0.1, -0.05) is 6.07 Å². The number of nitrogens with zero attached hydrogens (tertiary/aromatic N) is 1. The fourth-order valence-electron chi connectivity index (χ4n) is 1.76. The quantitative estimate of drug-likeness (QED) is 0.769. The van der Waals surface area contributed by atoms with E-state index < -0.39 is 10.0 Å². The predicted molar refractivity (Wildman–Crippen MR) is 94.4 cm³/mol. The number of benzene rings is 1. The number of hydrogen-bond donors (Lipinski definition) is 2. The van der Waals surface area contributed by atoms with Gasteiger partial charge in [0.1, 0.15) is 0 Å². The summed E-state index contributed by atoms with van der Waals surface area (Å²) >= 11 is 0. The molecule has 0 spiro atoms. The Kier molecular flexibility index (Phi) is 8.76. The number of amides is 1. The van der Waals surface area contributed by atoms with Crippen LogP contribution in [-0.2, 0) is 10.0 Å². The number of nitrogens with two attached hydrogens (primary N) is 1. The van der Waals surface area contributed by atoms with Crippen LogP contribution >= 0.6 is 12.4 Å². The fourth-order valence-corrected chi connectivity index (χ4v) is 3.17. The molecule has 0 bridgehead atoms. The molecule has 3 N–H and O–H groups in total. The number of sulfonamides is 1. The molecule has 0 radical (unpaired) electrons. The number of halogens is 1. The first kappa shape index (κ1) is 21.9. The molecule has 0 aliphatic carbocycles. The minimum Gasteiger partial charge on any atom is -0.352 e. The topological polar surface area (TPSA) is 92.5 Å². The van der Waals surface area contributed by atoms with Crippen molar-refractivity contribution in [3.63, 3.8) is 0 Å². The lowest BCUT2D eigenvalue weighted by Gasteiger charge is -2.21. The van der Waals surface area contributed by atoms with E-state index in [1.54, 1.807) is 26.0 Å². The highest BCUT2D eigenvalue weighted by molar-refractivity contribution is 7.89. The molecule has 1 rings (SSSR count). The zero-order chi connectivity index (χ0) is 16.9. The third-order valence-corrected chi connectivity index (χ3v) is 5.42. The maximum Gasteiger partial charge on any atom is 0.251 e. The van der Waals surface area contributed by atoms with Crippen LogP contribution in [-0.4, -0.2) is 44.3 Å². The summed E-state index contributed by atoms with van der Waals surface area (Å²) in [5.41, 5.74) is 5.95. The number of carbonyl (C=O) groups is 1. The average Bonchev–Trinajstić information content (AvgIpc) is 2.45. The second-order valence-corrected chi connectivity index (χ2v) is 7.66. The molecule has 8 heteroatoms. The summed E-state index contributed by atoms with van der Waals surface area (Å²) in [6.45, 7) is 5.91. The van der Waals surface area contributed by atoms with E-state index in [1.807, 2.05) is 6.92 Å². The molecule has 0 aromatic heterocycles. The molecule has 0 aliphatic rings. The van der Waals surface area contributed by atoms with E-state index in [1.165, 1.54) is 23.5 Å². The highest BCUT2D eigenvalue weighted by Crippen LogP contribution is 2.17. The van der Waals surface area contributed by atoms with Crippen LogP contribution in [0.15, 0.2) is 29.2 Å². The molecule has 132 valence electrons. The van der Waals surface area contributed by atoms with Gasteiger partial charge in [0.2, 0.25) is 10.0 Å². The molecular formula is C15H26ClN3O3S. The number of nitrogens with one attached hydrogen (secondary N) is 1. The van der Waals surface area contributed by atoms with E-state index in [0.717, 1.165) is 0 Å². The van der Waals surface area contributed by atoms with E-state index in [9.17, 15) is 13.2 Å². The molecule has 1 amide bonds. The highest BCUT2D eigenvalue weighted by Gasteiger charge is 2.23. The summed E-state index contributed by atoms with van der Waals surface area (Å²) in [4.78, 5) is 12.2. The highest BCUT2D eigenvalue weighted by atomic mass is 35.5. The SMILES string of the molecule is CC(N)CCNC(=O)c1cccc(S(=O)(=O)N(C)C(C)C)c1.Cl. The zero-order valence-corrected chi connectivity index (χ0v) is 15.6. The van der Waals surface area contributed by atoms with Gasteiger partial charge in [-0.05, 0) is 45.4 Å². The Hall–Kier alpha value is -1.15. The fraction of sp³-hybridized carbons (Fsp3) is 0.533. The predicted octanol–water partition coefficient (Wildman–Crippen LogP) is 1.60. The van der Waals surface area contributed by atoms with E-state index in [-0.39, 0.29) is 35.3 Å². The Morgan fingerprint density at radius 2 is 1.91 bits per heavy atom. The van der Waals surface area contributed by atoms with Crippen molar-refractivity contribution in [1.29, 1.82) is 0 Å². The van der Waals surface area contributed by atoms with Crippen molar-refractivity contribution in [2.24, 2.45) is 5.73 Å². The first-order chi connectivity index (χ1) is 10.2. The van der Waals surface area contributed by atoms with Crippen molar-refractivity contribution in [3.8, 4) is 0 Å². The van der Waals surface area contributed by atoms with Crippen LogP contribution in [0.3, 0.4) is 0 Å². The van der Waals surface area contributed by atoms with Crippen molar-refractivity contribution >= 4 is 28.3 Å². The first-order valence-electron chi connectivity index (χ1n) is 7.28. The molecule has 0 fully saturated rings. The van der Waals surface area contributed by atoms with Crippen molar-refractivity contribution < 1.29 is 13.2 Å². The number of rotatable bonds is 7. The van der Waals surface area contributed by atoms with Crippen LogP contribution in [0.25, 0.3) is 0 Å². The van der Waals surface area contributed by atoms with Crippen molar-refractivity contribution in [3.05, 3.63) is 29.8 Å². The van der Waals surface area contributed by atoms with Crippen LogP contribution in [0.1, 0.15) is 37.6 Å². The normalized spacial score (nSPS) is 12.8.